The fourth-order valence-electron chi connectivity index (χ4n) is 2.59. The molecule has 0 bridgehead atoms. The topological polar surface area (TPSA) is 29.9 Å². The smallest absolute Gasteiger partial charge is 0.127 e. The summed E-state index contributed by atoms with van der Waals surface area (Å²) in [7, 11) is 3.87. The molecule has 0 aliphatic rings. The Kier molecular flexibility index (Phi) is 5.17. The van der Waals surface area contributed by atoms with Crippen molar-refractivity contribution in [3.8, 4) is 0 Å². The third kappa shape index (κ3) is 3.71. The van der Waals surface area contributed by atoms with Crippen LogP contribution in [0.1, 0.15) is 22.5 Å². The van der Waals surface area contributed by atoms with E-state index in [-0.39, 0.29) is 11.9 Å². The molecule has 1 aromatic heterocycles. The van der Waals surface area contributed by atoms with Crippen molar-refractivity contribution < 1.29 is 4.39 Å². The van der Waals surface area contributed by atoms with E-state index in [2.05, 4.69) is 33.3 Å². The van der Waals surface area contributed by atoms with E-state index in [4.69, 9.17) is 0 Å². The van der Waals surface area contributed by atoms with Crippen LogP contribution in [0.2, 0.25) is 0 Å². The average Bonchev–Trinajstić information content (AvgIpc) is 2.67. The second kappa shape index (κ2) is 6.71. The summed E-state index contributed by atoms with van der Waals surface area (Å²) in [6.07, 6.45) is 1.50. The zero-order valence-corrected chi connectivity index (χ0v) is 14.5. The van der Waals surface area contributed by atoms with E-state index in [1.54, 1.807) is 0 Å². The summed E-state index contributed by atoms with van der Waals surface area (Å²) in [6.45, 7) is 4.09. The van der Waals surface area contributed by atoms with Gasteiger partial charge in [-0.25, -0.2) is 4.39 Å². The van der Waals surface area contributed by atoms with E-state index in [1.807, 2.05) is 37.8 Å². The predicted molar refractivity (Wildman–Crippen MR) is 87.0 cm³/mol. The molecule has 2 rings (SSSR count). The van der Waals surface area contributed by atoms with Crippen LogP contribution in [0.25, 0.3) is 0 Å². The Morgan fingerprint density at radius 1 is 1.33 bits per heavy atom. The molecule has 0 aliphatic heterocycles. The zero-order chi connectivity index (χ0) is 15.6. The first-order chi connectivity index (χ1) is 9.92. The second-order valence-corrected chi connectivity index (χ2v) is 6.32. The standard InChI is InChI=1S/C16H21BrFN3/c1-10-15(11(2)21(4)20-10)9-14(19-3)7-12-5-6-13(17)8-16(12)18/h5-6,8,14,19H,7,9H2,1-4H3. The molecule has 0 amide bonds. The van der Waals surface area contributed by atoms with E-state index in [1.165, 1.54) is 17.3 Å². The molecule has 5 heteroatoms. The summed E-state index contributed by atoms with van der Waals surface area (Å²) in [5.74, 6) is -0.163. The first kappa shape index (κ1) is 16.2. The minimum absolute atomic E-state index is 0.163. The Morgan fingerprint density at radius 3 is 2.57 bits per heavy atom. The number of hydrogen-bond donors (Lipinski definition) is 1. The average molecular weight is 354 g/mol. The van der Waals surface area contributed by atoms with Crippen molar-refractivity contribution in [2.75, 3.05) is 7.05 Å². The third-order valence-corrected chi connectivity index (χ3v) is 4.49. The molecular formula is C16H21BrFN3. The summed E-state index contributed by atoms with van der Waals surface area (Å²) < 4.78 is 16.6. The van der Waals surface area contributed by atoms with Crippen molar-refractivity contribution in [1.29, 1.82) is 0 Å². The van der Waals surface area contributed by atoms with Gasteiger partial charge in [0.2, 0.25) is 0 Å². The third-order valence-electron chi connectivity index (χ3n) is 4.00. The lowest BCUT2D eigenvalue weighted by atomic mass is 9.98. The monoisotopic (exact) mass is 353 g/mol. The minimum atomic E-state index is -0.163. The van der Waals surface area contributed by atoms with Crippen molar-refractivity contribution in [3.05, 3.63) is 51.0 Å². The van der Waals surface area contributed by atoms with Crippen LogP contribution in [0.3, 0.4) is 0 Å². The Morgan fingerprint density at radius 2 is 2.05 bits per heavy atom. The van der Waals surface area contributed by atoms with E-state index in [0.29, 0.717) is 6.42 Å². The summed E-state index contributed by atoms with van der Waals surface area (Å²) in [4.78, 5) is 0. The van der Waals surface area contributed by atoms with Crippen LogP contribution in [0.5, 0.6) is 0 Å². The van der Waals surface area contributed by atoms with Crippen LogP contribution in [0.4, 0.5) is 4.39 Å². The molecule has 1 aromatic carbocycles. The number of likely N-dealkylation sites (N-methyl/N-ethyl adjacent to an activating group) is 1. The lowest BCUT2D eigenvalue weighted by molar-refractivity contribution is 0.530. The van der Waals surface area contributed by atoms with Gasteiger partial charge < -0.3 is 5.32 Å². The Labute approximate surface area is 133 Å². The van der Waals surface area contributed by atoms with Crippen LogP contribution >= 0.6 is 15.9 Å². The van der Waals surface area contributed by atoms with Crippen LogP contribution in [-0.4, -0.2) is 22.9 Å². The van der Waals surface area contributed by atoms with E-state index < -0.39 is 0 Å². The minimum Gasteiger partial charge on any atom is -0.316 e. The maximum absolute atomic E-state index is 14.0. The van der Waals surface area contributed by atoms with Crippen molar-refractivity contribution in [2.24, 2.45) is 7.05 Å². The zero-order valence-electron chi connectivity index (χ0n) is 12.9. The molecule has 1 N–H and O–H groups in total. The molecular weight excluding hydrogens is 333 g/mol. The number of aromatic nitrogens is 2. The number of hydrogen-bond acceptors (Lipinski definition) is 2. The molecule has 114 valence electrons. The van der Waals surface area contributed by atoms with Gasteiger partial charge in [-0.1, -0.05) is 22.0 Å². The lowest BCUT2D eigenvalue weighted by Crippen LogP contribution is -2.30. The van der Waals surface area contributed by atoms with Crippen molar-refractivity contribution in [2.45, 2.75) is 32.7 Å². The molecule has 3 nitrogen and oxygen atoms in total. The first-order valence-electron chi connectivity index (χ1n) is 7.02. The quantitative estimate of drug-likeness (QED) is 0.893. The van der Waals surface area contributed by atoms with Crippen molar-refractivity contribution >= 4 is 15.9 Å². The number of benzene rings is 1. The van der Waals surface area contributed by atoms with Crippen LogP contribution < -0.4 is 5.32 Å². The lowest BCUT2D eigenvalue weighted by Gasteiger charge is -2.17. The number of aryl methyl sites for hydroxylation is 2. The van der Waals surface area contributed by atoms with Crippen LogP contribution in [0, 0.1) is 19.7 Å². The van der Waals surface area contributed by atoms with Gasteiger partial charge in [-0.3, -0.25) is 4.68 Å². The molecule has 0 saturated heterocycles. The van der Waals surface area contributed by atoms with E-state index >= 15 is 0 Å². The Bertz CT molecular complexity index is 637. The number of rotatable bonds is 5. The molecule has 0 radical (unpaired) electrons. The molecule has 1 unspecified atom stereocenters. The van der Waals surface area contributed by atoms with Gasteiger partial charge in [-0.2, -0.15) is 5.10 Å². The summed E-state index contributed by atoms with van der Waals surface area (Å²) >= 11 is 3.29. The normalized spacial score (nSPS) is 12.7. The summed E-state index contributed by atoms with van der Waals surface area (Å²) in [5, 5.41) is 7.73. The number of nitrogens with one attached hydrogen (secondary N) is 1. The highest BCUT2D eigenvalue weighted by Gasteiger charge is 2.16. The van der Waals surface area contributed by atoms with Gasteiger partial charge >= 0.3 is 0 Å². The molecule has 0 saturated carbocycles. The van der Waals surface area contributed by atoms with Crippen molar-refractivity contribution in [3.63, 3.8) is 0 Å². The molecule has 21 heavy (non-hydrogen) atoms. The fraction of sp³-hybridized carbons (Fsp3) is 0.438. The van der Waals surface area contributed by atoms with Crippen molar-refractivity contribution in [1.82, 2.24) is 15.1 Å². The maximum atomic E-state index is 14.0. The summed E-state index contributed by atoms with van der Waals surface area (Å²) in [6, 6.07) is 5.42. The maximum Gasteiger partial charge on any atom is 0.127 e. The number of nitrogens with zero attached hydrogens (tertiary/aromatic N) is 2. The van der Waals surface area contributed by atoms with E-state index in [9.17, 15) is 4.39 Å². The Hall–Kier alpha value is -1.20. The molecule has 1 heterocycles. The van der Waals surface area contributed by atoms with Gasteiger partial charge in [-0.15, -0.1) is 0 Å². The number of halogens is 2. The fourth-order valence-corrected chi connectivity index (χ4v) is 2.92. The molecule has 0 fully saturated rings. The van der Waals surface area contributed by atoms with Gasteiger partial charge in [0, 0.05) is 23.3 Å². The highest BCUT2D eigenvalue weighted by atomic mass is 79.9. The largest absolute Gasteiger partial charge is 0.316 e. The highest BCUT2D eigenvalue weighted by Crippen LogP contribution is 2.19. The van der Waals surface area contributed by atoms with Crippen LogP contribution in [0.15, 0.2) is 22.7 Å². The molecule has 0 aliphatic carbocycles. The molecule has 1 atom stereocenters. The van der Waals surface area contributed by atoms with E-state index in [0.717, 1.165) is 22.2 Å². The van der Waals surface area contributed by atoms with Gasteiger partial charge in [0.25, 0.3) is 0 Å². The highest BCUT2D eigenvalue weighted by molar-refractivity contribution is 9.10. The summed E-state index contributed by atoms with van der Waals surface area (Å²) in [5.41, 5.74) is 4.20. The molecule has 0 spiro atoms. The van der Waals surface area contributed by atoms with Gasteiger partial charge in [0.05, 0.1) is 5.69 Å². The van der Waals surface area contributed by atoms with Gasteiger partial charge in [0.15, 0.2) is 0 Å². The predicted octanol–water partition coefficient (Wildman–Crippen LogP) is 3.31. The second-order valence-electron chi connectivity index (χ2n) is 5.40. The first-order valence-corrected chi connectivity index (χ1v) is 7.82. The Balaban J connectivity index is 2.17. The van der Waals surface area contributed by atoms with Gasteiger partial charge in [-0.05, 0) is 57.0 Å². The SMILES string of the molecule is CNC(Cc1ccc(Br)cc1F)Cc1c(C)nn(C)c1C. The van der Waals surface area contributed by atoms with Crippen LogP contribution in [-0.2, 0) is 19.9 Å². The van der Waals surface area contributed by atoms with Gasteiger partial charge in [0.1, 0.15) is 5.82 Å². The molecule has 2 aromatic rings.